The second kappa shape index (κ2) is 5.73. The maximum atomic E-state index is 13.2. The van der Waals surface area contributed by atoms with E-state index in [2.05, 4.69) is 10.2 Å². The quantitative estimate of drug-likeness (QED) is 0.858. The molecule has 0 bridgehead atoms. The topological polar surface area (TPSA) is 68.1 Å². The molecule has 0 aliphatic carbocycles. The van der Waals surface area contributed by atoms with Crippen LogP contribution in [0.15, 0.2) is 35.5 Å². The monoisotopic (exact) mass is 328 g/mol. The van der Waals surface area contributed by atoms with Crippen molar-refractivity contribution >= 4 is 10.0 Å². The fourth-order valence-electron chi connectivity index (χ4n) is 2.55. The van der Waals surface area contributed by atoms with Crippen LogP contribution in [0.4, 0.5) is 8.78 Å². The van der Waals surface area contributed by atoms with Crippen LogP contribution in [0.2, 0.25) is 0 Å². The first kappa shape index (κ1) is 15.0. The SMILES string of the molecule is O=S(=O)(c1cc(F)cc(F)c1)N1CCC(n2nccn2)CC1. The lowest BCUT2D eigenvalue weighted by molar-refractivity contribution is 0.245. The lowest BCUT2D eigenvalue weighted by atomic mass is 10.1. The van der Waals surface area contributed by atoms with Gasteiger partial charge in [0.2, 0.25) is 10.0 Å². The van der Waals surface area contributed by atoms with E-state index < -0.39 is 21.7 Å². The number of nitrogens with zero attached hydrogens (tertiary/aromatic N) is 4. The van der Waals surface area contributed by atoms with Crippen LogP contribution in [0, 0.1) is 11.6 Å². The van der Waals surface area contributed by atoms with Crippen molar-refractivity contribution in [1.82, 2.24) is 19.3 Å². The van der Waals surface area contributed by atoms with Gasteiger partial charge >= 0.3 is 0 Å². The molecule has 1 aliphatic heterocycles. The normalized spacial score (nSPS) is 17.7. The summed E-state index contributed by atoms with van der Waals surface area (Å²) < 4.78 is 52.6. The minimum Gasteiger partial charge on any atom is -0.207 e. The smallest absolute Gasteiger partial charge is 0.207 e. The number of hydrogen-bond donors (Lipinski definition) is 0. The van der Waals surface area contributed by atoms with Crippen LogP contribution in [-0.4, -0.2) is 40.8 Å². The molecule has 0 unspecified atom stereocenters. The third-order valence-electron chi connectivity index (χ3n) is 3.66. The van der Waals surface area contributed by atoms with Gasteiger partial charge in [-0.25, -0.2) is 17.2 Å². The lowest BCUT2D eigenvalue weighted by Gasteiger charge is -2.30. The zero-order valence-corrected chi connectivity index (χ0v) is 12.4. The molecule has 1 fully saturated rings. The molecule has 22 heavy (non-hydrogen) atoms. The third kappa shape index (κ3) is 2.86. The summed E-state index contributed by atoms with van der Waals surface area (Å²) in [5, 5.41) is 8.09. The van der Waals surface area contributed by atoms with Gasteiger partial charge < -0.3 is 0 Å². The first-order valence-corrected chi connectivity index (χ1v) is 8.23. The molecule has 3 rings (SSSR count). The first-order chi connectivity index (χ1) is 10.5. The summed E-state index contributed by atoms with van der Waals surface area (Å²) in [6.45, 7) is 0.513. The Hall–Kier alpha value is -1.87. The van der Waals surface area contributed by atoms with E-state index in [9.17, 15) is 17.2 Å². The fourth-order valence-corrected chi connectivity index (χ4v) is 4.07. The average molecular weight is 328 g/mol. The molecule has 0 atom stereocenters. The molecular weight excluding hydrogens is 314 g/mol. The molecule has 0 N–H and O–H groups in total. The highest BCUT2D eigenvalue weighted by Gasteiger charge is 2.31. The lowest BCUT2D eigenvalue weighted by Crippen LogP contribution is -2.39. The van der Waals surface area contributed by atoms with Crippen molar-refractivity contribution in [2.24, 2.45) is 0 Å². The Bertz CT molecular complexity index is 736. The maximum Gasteiger partial charge on any atom is 0.243 e. The van der Waals surface area contributed by atoms with Crippen LogP contribution < -0.4 is 0 Å². The molecule has 2 heterocycles. The van der Waals surface area contributed by atoms with Gasteiger partial charge in [0.1, 0.15) is 11.6 Å². The summed E-state index contributed by atoms with van der Waals surface area (Å²) in [4.78, 5) is 1.20. The number of piperidine rings is 1. The van der Waals surface area contributed by atoms with E-state index in [1.807, 2.05) is 0 Å². The fraction of sp³-hybridized carbons (Fsp3) is 0.385. The first-order valence-electron chi connectivity index (χ1n) is 6.79. The average Bonchev–Trinajstić information content (AvgIpc) is 3.00. The molecule has 0 amide bonds. The minimum absolute atomic E-state index is 0.0331. The Morgan fingerprint density at radius 3 is 2.09 bits per heavy atom. The predicted octanol–water partition coefficient (Wildman–Crippen LogP) is 1.58. The van der Waals surface area contributed by atoms with Gasteiger partial charge in [0.15, 0.2) is 0 Å². The van der Waals surface area contributed by atoms with Gasteiger partial charge in [-0.05, 0) is 25.0 Å². The minimum atomic E-state index is -3.90. The highest BCUT2D eigenvalue weighted by Crippen LogP contribution is 2.26. The van der Waals surface area contributed by atoms with E-state index in [4.69, 9.17) is 0 Å². The predicted molar refractivity (Wildman–Crippen MR) is 73.4 cm³/mol. The van der Waals surface area contributed by atoms with Gasteiger partial charge in [0.25, 0.3) is 0 Å². The summed E-state index contributed by atoms with van der Waals surface area (Å²) in [6, 6.07) is 2.35. The number of benzene rings is 1. The van der Waals surface area contributed by atoms with Crippen molar-refractivity contribution in [2.45, 2.75) is 23.8 Å². The molecule has 9 heteroatoms. The standard InChI is InChI=1S/C13H14F2N4O2S/c14-10-7-11(15)9-13(8-10)22(20,21)18-5-1-12(2-6-18)19-16-3-4-17-19/h3-4,7-9,12H,1-2,5-6H2. The van der Waals surface area contributed by atoms with Crippen LogP contribution in [0.1, 0.15) is 18.9 Å². The van der Waals surface area contributed by atoms with Gasteiger partial charge in [0.05, 0.1) is 23.3 Å². The number of aromatic nitrogens is 3. The van der Waals surface area contributed by atoms with Crippen LogP contribution in [0.5, 0.6) is 0 Å². The summed E-state index contributed by atoms with van der Waals surface area (Å²) in [7, 11) is -3.90. The van der Waals surface area contributed by atoms with Crippen molar-refractivity contribution in [2.75, 3.05) is 13.1 Å². The van der Waals surface area contributed by atoms with Crippen molar-refractivity contribution in [3.63, 3.8) is 0 Å². The second-order valence-corrected chi connectivity index (χ2v) is 7.03. The van der Waals surface area contributed by atoms with Crippen molar-refractivity contribution < 1.29 is 17.2 Å². The molecule has 0 radical (unpaired) electrons. The molecule has 6 nitrogen and oxygen atoms in total. The Kier molecular flexibility index (Phi) is 3.92. The zero-order chi connectivity index (χ0) is 15.7. The second-order valence-electron chi connectivity index (χ2n) is 5.09. The highest BCUT2D eigenvalue weighted by atomic mass is 32.2. The summed E-state index contributed by atoms with van der Waals surface area (Å²) >= 11 is 0. The van der Waals surface area contributed by atoms with E-state index in [1.165, 1.54) is 4.31 Å². The van der Waals surface area contributed by atoms with E-state index in [-0.39, 0.29) is 24.0 Å². The molecule has 1 aromatic carbocycles. The van der Waals surface area contributed by atoms with Crippen LogP contribution in [0.25, 0.3) is 0 Å². The van der Waals surface area contributed by atoms with Gasteiger partial charge in [-0.15, -0.1) is 0 Å². The molecule has 118 valence electrons. The summed E-state index contributed by atoms with van der Waals surface area (Å²) in [6.07, 6.45) is 4.23. The Balaban J connectivity index is 1.77. The largest absolute Gasteiger partial charge is 0.243 e. The van der Waals surface area contributed by atoms with E-state index in [1.54, 1.807) is 17.2 Å². The van der Waals surface area contributed by atoms with Crippen LogP contribution in [0.3, 0.4) is 0 Å². The van der Waals surface area contributed by atoms with Gasteiger partial charge in [-0.2, -0.15) is 19.3 Å². The van der Waals surface area contributed by atoms with Crippen LogP contribution in [-0.2, 0) is 10.0 Å². The van der Waals surface area contributed by atoms with Gasteiger partial charge in [0, 0.05) is 19.2 Å². The molecule has 0 spiro atoms. The van der Waals surface area contributed by atoms with Crippen molar-refractivity contribution in [1.29, 1.82) is 0 Å². The number of rotatable bonds is 3. The zero-order valence-electron chi connectivity index (χ0n) is 11.6. The Labute approximate surface area is 126 Å². The molecule has 1 aliphatic rings. The Morgan fingerprint density at radius 1 is 1.00 bits per heavy atom. The van der Waals surface area contributed by atoms with E-state index >= 15 is 0 Å². The van der Waals surface area contributed by atoms with E-state index in [0.717, 1.165) is 12.1 Å². The van der Waals surface area contributed by atoms with Crippen molar-refractivity contribution in [3.05, 3.63) is 42.2 Å². The summed E-state index contributed by atoms with van der Waals surface area (Å²) in [5.74, 6) is -1.82. The van der Waals surface area contributed by atoms with Crippen molar-refractivity contribution in [3.8, 4) is 0 Å². The molecule has 2 aromatic rings. The maximum absolute atomic E-state index is 13.2. The molecule has 1 saturated heterocycles. The Morgan fingerprint density at radius 2 is 1.55 bits per heavy atom. The third-order valence-corrected chi connectivity index (χ3v) is 5.54. The number of sulfonamides is 1. The number of halogens is 2. The molecule has 0 saturated carbocycles. The van der Waals surface area contributed by atoms with E-state index in [0.29, 0.717) is 18.9 Å². The van der Waals surface area contributed by atoms with Crippen LogP contribution >= 0.6 is 0 Å². The molecular formula is C13H14F2N4O2S. The molecule has 1 aromatic heterocycles. The van der Waals surface area contributed by atoms with Gasteiger partial charge in [-0.3, -0.25) is 0 Å². The highest BCUT2D eigenvalue weighted by molar-refractivity contribution is 7.89. The summed E-state index contributed by atoms with van der Waals surface area (Å²) in [5.41, 5.74) is 0. The van der Waals surface area contributed by atoms with Gasteiger partial charge in [-0.1, -0.05) is 0 Å². The number of hydrogen-bond acceptors (Lipinski definition) is 4.